The van der Waals surface area contributed by atoms with Crippen LogP contribution in [0.2, 0.25) is 0 Å². The predicted octanol–water partition coefficient (Wildman–Crippen LogP) is 1.31. The van der Waals surface area contributed by atoms with E-state index in [-0.39, 0.29) is 27.9 Å². The van der Waals surface area contributed by atoms with Gasteiger partial charge in [-0.1, -0.05) is 24.3 Å². The van der Waals surface area contributed by atoms with Gasteiger partial charge >= 0.3 is 0 Å². The molecule has 0 radical (unpaired) electrons. The number of nitriles is 1. The van der Waals surface area contributed by atoms with E-state index in [2.05, 4.69) is 5.32 Å². The Balaban J connectivity index is 2.32. The fourth-order valence-corrected chi connectivity index (χ4v) is 4.04. The van der Waals surface area contributed by atoms with Gasteiger partial charge in [-0.2, -0.15) is 5.26 Å². The maximum Gasteiger partial charge on any atom is 0.273 e. The van der Waals surface area contributed by atoms with E-state index in [0.717, 1.165) is 11.3 Å². The number of benzene rings is 2. The zero-order valence-electron chi connectivity index (χ0n) is 17.4. The van der Waals surface area contributed by atoms with E-state index >= 15 is 0 Å². The van der Waals surface area contributed by atoms with Crippen molar-refractivity contribution in [1.82, 2.24) is 9.88 Å². The van der Waals surface area contributed by atoms with Crippen molar-refractivity contribution >= 4 is 28.9 Å². The Bertz CT molecular complexity index is 1340. The number of carbonyl (C=O) groups excluding carboxylic acids is 1. The molecule has 0 saturated heterocycles. The maximum atomic E-state index is 13.4. The molecule has 1 amide bonds. The van der Waals surface area contributed by atoms with Gasteiger partial charge in [0.25, 0.3) is 11.5 Å². The van der Waals surface area contributed by atoms with Gasteiger partial charge in [0.15, 0.2) is 5.57 Å². The fourth-order valence-electron chi connectivity index (χ4n) is 2.94. The summed E-state index contributed by atoms with van der Waals surface area (Å²) in [7, 11) is 2.96. The van der Waals surface area contributed by atoms with Crippen LogP contribution in [0.3, 0.4) is 0 Å². The largest absolute Gasteiger partial charge is 0.495 e. The summed E-state index contributed by atoms with van der Waals surface area (Å²) in [6, 6.07) is 14.4. The lowest BCUT2D eigenvalue weighted by Gasteiger charge is -2.09. The number of methoxy groups -OCH3 is 2. The van der Waals surface area contributed by atoms with Gasteiger partial charge < -0.3 is 14.8 Å². The monoisotopic (exact) mass is 453 g/mol. The van der Waals surface area contributed by atoms with Gasteiger partial charge in [-0.25, -0.2) is 4.39 Å². The SMILES string of the molecule is COCCNC(=O)/C(C#N)=c1\s/c(=C\c2ccc(F)cc2)c(=O)n1-c1ccccc1OC. The van der Waals surface area contributed by atoms with E-state index in [0.29, 0.717) is 17.0 Å². The van der Waals surface area contributed by atoms with E-state index in [1.165, 1.54) is 43.1 Å². The number of carbonyl (C=O) groups is 1. The molecule has 1 heterocycles. The number of hydrogen-bond acceptors (Lipinski definition) is 6. The Hall–Kier alpha value is -3.74. The minimum Gasteiger partial charge on any atom is -0.495 e. The second-order valence-corrected chi connectivity index (χ2v) is 7.55. The van der Waals surface area contributed by atoms with Crippen LogP contribution in [0.25, 0.3) is 17.3 Å². The molecule has 0 fully saturated rings. The van der Waals surface area contributed by atoms with E-state index in [4.69, 9.17) is 9.47 Å². The van der Waals surface area contributed by atoms with Crippen LogP contribution in [0.4, 0.5) is 4.39 Å². The quantitative estimate of drug-likeness (QED) is 0.545. The number of nitrogens with one attached hydrogen (secondary N) is 1. The minimum absolute atomic E-state index is 0.158. The van der Waals surface area contributed by atoms with Crippen LogP contribution in [0, 0.1) is 17.1 Å². The number of nitrogens with zero attached hydrogens (tertiary/aromatic N) is 2. The number of halogens is 1. The molecule has 32 heavy (non-hydrogen) atoms. The zero-order chi connectivity index (χ0) is 23.1. The van der Waals surface area contributed by atoms with E-state index in [9.17, 15) is 19.2 Å². The Kier molecular flexibility index (Phi) is 7.54. The second kappa shape index (κ2) is 10.5. The molecule has 7 nitrogen and oxygen atoms in total. The van der Waals surface area contributed by atoms with Crippen LogP contribution in [-0.4, -0.2) is 37.8 Å². The first-order valence-corrected chi connectivity index (χ1v) is 10.4. The molecule has 2 aromatic carbocycles. The van der Waals surface area contributed by atoms with E-state index in [1.54, 1.807) is 30.3 Å². The Morgan fingerprint density at radius 2 is 1.94 bits per heavy atom. The molecule has 0 aliphatic carbocycles. The first-order chi connectivity index (χ1) is 15.5. The summed E-state index contributed by atoms with van der Waals surface area (Å²) in [5.74, 6) is -0.616. The summed E-state index contributed by atoms with van der Waals surface area (Å²) in [6.07, 6.45) is 1.58. The summed E-state index contributed by atoms with van der Waals surface area (Å²) >= 11 is 0.993. The number of aromatic nitrogens is 1. The molecule has 0 spiro atoms. The Morgan fingerprint density at radius 1 is 1.22 bits per heavy atom. The maximum absolute atomic E-state index is 13.4. The third-order valence-electron chi connectivity index (χ3n) is 4.46. The molecular weight excluding hydrogens is 433 g/mol. The molecule has 1 aromatic heterocycles. The van der Waals surface area contributed by atoms with Crippen LogP contribution in [0.1, 0.15) is 5.56 Å². The molecule has 3 rings (SSSR count). The standard InChI is InChI=1S/C23H20FN3O4S/c1-30-12-11-26-21(28)17(14-25)23-27(18-5-3-4-6-19(18)31-2)22(29)20(32-23)13-15-7-9-16(24)10-8-15/h3-10,13H,11-12H2,1-2H3,(H,26,28)/b20-13-,23-17-. The normalized spacial score (nSPS) is 12.2. The van der Waals surface area contributed by atoms with Crippen LogP contribution < -0.4 is 24.8 Å². The third kappa shape index (κ3) is 4.94. The van der Waals surface area contributed by atoms with Crippen LogP contribution in [0.15, 0.2) is 53.3 Å². The average molecular weight is 453 g/mol. The number of ether oxygens (including phenoxy) is 2. The summed E-state index contributed by atoms with van der Waals surface area (Å²) in [5.41, 5.74) is 0.345. The van der Waals surface area contributed by atoms with E-state index < -0.39 is 17.3 Å². The number of hydrogen-bond donors (Lipinski definition) is 1. The third-order valence-corrected chi connectivity index (χ3v) is 5.55. The molecular formula is C23H20FN3O4S. The topological polar surface area (TPSA) is 93.4 Å². The highest BCUT2D eigenvalue weighted by Crippen LogP contribution is 2.19. The Morgan fingerprint density at radius 3 is 2.59 bits per heavy atom. The summed E-state index contributed by atoms with van der Waals surface area (Å²) in [6.45, 7) is 0.483. The van der Waals surface area contributed by atoms with Crippen molar-refractivity contribution in [1.29, 1.82) is 5.26 Å². The highest BCUT2D eigenvalue weighted by molar-refractivity contribution is 7.07. The molecule has 164 valence electrons. The lowest BCUT2D eigenvalue weighted by Crippen LogP contribution is -2.35. The lowest BCUT2D eigenvalue weighted by atomic mass is 10.2. The van der Waals surface area contributed by atoms with Gasteiger partial charge in [0.1, 0.15) is 22.3 Å². The van der Waals surface area contributed by atoms with Crippen molar-refractivity contribution in [2.24, 2.45) is 0 Å². The molecule has 3 aromatic rings. The number of thiazole rings is 1. The van der Waals surface area contributed by atoms with Crippen molar-refractivity contribution in [2.45, 2.75) is 0 Å². The lowest BCUT2D eigenvalue weighted by molar-refractivity contribution is -0.115. The molecule has 0 atom stereocenters. The molecule has 0 saturated carbocycles. The smallest absolute Gasteiger partial charge is 0.273 e. The average Bonchev–Trinajstić information content (AvgIpc) is 3.11. The van der Waals surface area contributed by atoms with Gasteiger partial charge in [-0.3, -0.25) is 14.2 Å². The summed E-state index contributed by atoms with van der Waals surface area (Å²) in [4.78, 5) is 26.1. The van der Waals surface area contributed by atoms with Gasteiger partial charge in [0.05, 0.1) is 23.9 Å². The van der Waals surface area contributed by atoms with Gasteiger partial charge in [-0.05, 0) is 35.9 Å². The van der Waals surface area contributed by atoms with Gasteiger partial charge in [0.2, 0.25) is 0 Å². The minimum atomic E-state index is -0.622. The number of amides is 1. The number of para-hydroxylation sites is 2. The van der Waals surface area contributed by atoms with Crippen LogP contribution in [-0.2, 0) is 9.53 Å². The van der Waals surface area contributed by atoms with Crippen LogP contribution in [0.5, 0.6) is 5.75 Å². The zero-order valence-corrected chi connectivity index (χ0v) is 18.2. The highest BCUT2D eigenvalue weighted by Gasteiger charge is 2.18. The highest BCUT2D eigenvalue weighted by atomic mass is 32.1. The molecule has 0 aliphatic rings. The molecule has 9 heteroatoms. The van der Waals surface area contributed by atoms with Crippen molar-refractivity contribution in [3.63, 3.8) is 0 Å². The molecule has 0 bridgehead atoms. The molecule has 0 aliphatic heterocycles. The van der Waals surface area contributed by atoms with Crippen molar-refractivity contribution in [3.8, 4) is 17.5 Å². The first-order valence-electron chi connectivity index (χ1n) is 9.54. The second-order valence-electron chi connectivity index (χ2n) is 6.52. The molecule has 0 unspecified atom stereocenters. The predicted molar refractivity (Wildman–Crippen MR) is 120 cm³/mol. The fraction of sp³-hybridized carbons (Fsp3) is 0.174. The first kappa shape index (κ1) is 22.9. The van der Waals surface area contributed by atoms with Crippen molar-refractivity contribution in [2.75, 3.05) is 27.4 Å². The van der Waals surface area contributed by atoms with E-state index in [1.807, 2.05) is 6.07 Å². The Labute approximate surface area is 187 Å². The number of rotatable bonds is 7. The van der Waals surface area contributed by atoms with Gasteiger partial charge in [0, 0.05) is 13.7 Å². The van der Waals surface area contributed by atoms with Crippen molar-refractivity contribution in [3.05, 3.63) is 79.5 Å². The van der Waals surface area contributed by atoms with Crippen molar-refractivity contribution < 1.29 is 18.7 Å². The van der Waals surface area contributed by atoms with Gasteiger partial charge in [-0.15, -0.1) is 11.3 Å². The molecule has 1 N–H and O–H groups in total. The summed E-state index contributed by atoms with van der Waals surface area (Å²) < 4.78 is 25.3. The summed E-state index contributed by atoms with van der Waals surface area (Å²) in [5, 5.41) is 12.4. The van der Waals surface area contributed by atoms with Crippen LogP contribution >= 0.6 is 11.3 Å².